The summed E-state index contributed by atoms with van der Waals surface area (Å²) in [4.78, 5) is 17.5. The zero-order valence-electron chi connectivity index (χ0n) is 15.5. The van der Waals surface area contributed by atoms with Crippen LogP contribution in [0.1, 0.15) is 32.1 Å². The van der Waals surface area contributed by atoms with E-state index in [0.717, 1.165) is 71.0 Å². The van der Waals surface area contributed by atoms with Crippen molar-refractivity contribution in [1.29, 1.82) is 0 Å². The number of nitrogens with one attached hydrogen (secondary N) is 3. The van der Waals surface area contributed by atoms with Crippen LogP contribution in [0.5, 0.6) is 0 Å². The monoisotopic (exact) mass is 385 g/mol. The second-order valence-corrected chi connectivity index (χ2v) is 7.56. The third kappa shape index (κ3) is 4.02. The fourth-order valence-electron chi connectivity index (χ4n) is 4.59. The van der Waals surface area contributed by atoms with Crippen LogP contribution < -0.4 is 16.0 Å². The van der Waals surface area contributed by atoms with Crippen molar-refractivity contribution >= 4 is 18.3 Å². The van der Waals surface area contributed by atoms with Crippen LogP contribution in [0.4, 0.5) is 0 Å². The number of ether oxygens (including phenoxy) is 1. The first kappa shape index (κ1) is 19.9. The summed E-state index contributed by atoms with van der Waals surface area (Å²) in [7, 11) is 0. The smallest absolute Gasteiger partial charge is 0.249 e. The zero-order chi connectivity index (χ0) is 17.1. The minimum absolute atomic E-state index is 0. The summed E-state index contributed by atoms with van der Waals surface area (Å²) in [6.07, 6.45) is 7.63. The van der Waals surface area contributed by atoms with Gasteiger partial charge in [0, 0.05) is 43.9 Å². The van der Waals surface area contributed by atoms with Gasteiger partial charge in [-0.05, 0) is 38.8 Å². The molecule has 0 aromatic rings. The third-order valence-electron chi connectivity index (χ3n) is 5.96. The number of carbonyl (C=O) groups is 1. The van der Waals surface area contributed by atoms with Crippen LogP contribution in [-0.4, -0.2) is 74.1 Å². The standard InChI is InChI=1S/C18H31N5O2.ClH/c24-17-14-16(15-4-6-19-7-5-15)20-18(21-17,22-8-2-1-3-9-22)23-10-12-25-13-11-23;/h14-15,19-20H,1-13H2,(H,21,24);1H. The van der Waals surface area contributed by atoms with Crippen molar-refractivity contribution < 1.29 is 9.53 Å². The van der Waals surface area contributed by atoms with Gasteiger partial charge in [-0.1, -0.05) is 6.42 Å². The number of carbonyl (C=O) groups excluding carboxylic acids is 1. The van der Waals surface area contributed by atoms with Gasteiger partial charge >= 0.3 is 0 Å². The van der Waals surface area contributed by atoms with Gasteiger partial charge in [-0.3, -0.25) is 9.69 Å². The van der Waals surface area contributed by atoms with E-state index in [1.165, 1.54) is 19.3 Å². The molecular formula is C18H32ClN5O2. The van der Waals surface area contributed by atoms with Crippen LogP contribution in [0, 0.1) is 5.92 Å². The highest BCUT2D eigenvalue weighted by molar-refractivity contribution is 5.89. The van der Waals surface area contributed by atoms with Crippen LogP contribution in [0.2, 0.25) is 0 Å². The topological polar surface area (TPSA) is 68.9 Å². The molecule has 7 nitrogen and oxygen atoms in total. The van der Waals surface area contributed by atoms with Crippen LogP contribution >= 0.6 is 12.4 Å². The molecular weight excluding hydrogens is 354 g/mol. The summed E-state index contributed by atoms with van der Waals surface area (Å²) in [6, 6.07) is 0. The molecule has 3 saturated heterocycles. The average Bonchev–Trinajstić information content (AvgIpc) is 2.69. The fraction of sp³-hybridized carbons (Fsp3) is 0.833. The Kier molecular flexibility index (Phi) is 6.80. The molecule has 0 aliphatic carbocycles. The number of rotatable bonds is 3. The molecule has 0 bridgehead atoms. The number of allylic oxidation sites excluding steroid dienone is 1. The lowest BCUT2D eigenvalue weighted by molar-refractivity contribution is -0.158. The lowest BCUT2D eigenvalue weighted by Gasteiger charge is -2.55. The number of halogens is 1. The van der Waals surface area contributed by atoms with Gasteiger partial charge in [0.05, 0.1) is 13.2 Å². The molecule has 3 fully saturated rings. The summed E-state index contributed by atoms with van der Waals surface area (Å²) in [6.45, 7) is 7.21. The molecule has 0 radical (unpaired) electrons. The molecule has 0 saturated carbocycles. The number of amides is 1. The highest BCUT2D eigenvalue weighted by Crippen LogP contribution is 2.29. The molecule has 8 heteroatoms. The summed E-state index contributed by atoms with van der Waals surface area (Å²) in [5.41, 5.74) is 1.11. The van der Waals surface area contributed by atoms with Gasteiger partial charge in [0.1, 0.15) is 0 Å². The van der Waals surface area contributed by atoms with Crippen LogP contribution in [0.15, 0.2) is 11.8 Å². The van der Waals surface area contributed by atoms with Crippen molar-refractivity contribution in [3.05, 3.63) is 11.8 Å². The largest absolute Gasteiger partial charge is 0.379 e. The van der Waals surface area contributed by atoms with E-state index in [4.69, 9.17) is 4.74 Å². The number of hydrogen-bond donors (Lipinski definition) is 3. The molecule has 4 aliphatic heterocycles. The Balaban J connectivity index is 0.00000196. The van der Waals surface area contributed by atoms with Gasteiger partial charge in [-0.25, -0.2) is 4.90 Å². The zero-order valence-corrected chi connectivity index (χ0v) is 16.3. The van der Waals surface area contributed by atoms with Crippen molar-refractivity contribution in [3.8, 4) is 0 Å². The molecule has 148 valence electrons. The summed E-state index contributed by atoms with van der Waals surface area (Å²) >= 11 is 0. The quantitative estimate of drug-likeness (QED) is 0.655. The first-order valence-corrected chi connectivity index (χ1v) is 9.88. The van der Waals surface area contributed by atoms with Crippen molar-refractivity contribution in [1.82, 2.24) is 25.8 Å². The summed E-state index contributed by atoms with van der Waals surface area (Å²) < 4.78 is 5.57. The Morgan fingerprint density at radius 2 is 1.62 bits per heavy atom. The maximum atomic E-state index is 12.7. The molecule has 3 N–H and O–H groups in total. The predicted molar refractivity (Wildman–Crippen MR) is 103 cm³/mol. The lowest BCUT2D eigenvalue weighted by atomic mass is 9.92. The van der Waals surface area contributed by atoms with E-state index in [-0.39, 0.29) is 18.3 Å². The summed E-state index contributed by atoms with van der Waals surface area (Å²) in [5, 5.41) is 10.5. The molecule has 1 unspecified atom stereocenters. The second kappa shape index (κ2) is 8.89. The van der Waals surface area contributed by atoms with Crippen LogP contribution in [-0.2, 0) is 9.53 Å². The molecule has 0 spiro atoms. The Morgan fingerprint density at radius 1 is 0.962 bits per heavy atom. The van der Waals surface area contributed by atoms with E-state index in [9.17, 15) is 4.79 Å². The van der Waals surface area contributed by atoms with E-state index in [1.54, 1.807) is 6.08 Å². The molecule has 1 atom stereocenters. The minimum atomic E-state index is -0.587. The number of piperidine rings is 2. The first-order chi connectivity index (χ1) is 12.3. The van der Waals surface area contributed by atoms with Crippen LogP contribution in [0.3, 0.4) is 0 Å². The van der Waals surface area contributed by atoms with Crippen molar-refractivity contribution in [2.45, 2.75) is 38.0 Å². The van der Waals surface area contributed by atoms with Gasteiger partial charge < -0.3 is 20.7 Å². The van der Waals surface area contributed by atoms with Crippen molar-refractivity contribution in [2.75, 3.05) is 52.5 Å². The highest BCUT2D eigenvalue weighted by Gasteiger charge is 2.47. The van der Waals surface area contributed by atoms with Crippen molar-refractivity contribution in [3.63, 3.8) is 0 Å². The molecule has 26 heavy (non-hydrogen) atoms. The number of morpholine rings is 1. The molecule has 4 rings (SSSR count). The predicted octanol–water partition coefficient (Wildman–Crippen LogP) is 0.441. The molecule has 4 heterocycles. The van der Waals surface area contributed by atoms with Gasteiger partial charge in [0.15, 0.2) is 0 Å². The Hall–Kier alpha value is -0.860. The fourth-order valence-corrected chi connectivity index (χ4v) is 4.59. The van der Waals surface area contributed by atoms with E-state index in [2.05, 4.69) is 25.8 Å². The SMILES string of the molecule is Cl.O=C1C=C(C2CCNCC2)NC(N2CCCCC2)(N2CCOCC2)N1. The minimum Gasteiger partial charge on any atom is -0.379 e. The maximum absolute atomic E-state index is 12.7. The third-order valence-corrected chi connectivity index (χ3v) is 5.96. The Morgan fingerprint density at radius 3 is 2.31 bits per heavy atom. The van der Waals surface area contributed by atoms with Crippen molar-refractivity contribution in [2.24, 2.45) is 5.92 Å². The molecule has 0 aromatic carbocycles. The maximum Gasteiger partial charge on any atom is 0.249 e. The van der Waals surface area contributed by atoms with E-state index >= 15 is 0 Å². The highest BCUT2D eigenvalue weighted by atomic mass is 35.5. The molecule has 4 aliphatic rings. The number of likely N-dealkylation sites (tertiary alicyclic amines) is 1. The number of nitrogens with zero attached hydrogens (tertiary/aromatic N) is 2. The van der Waals surface area contributed by atoms with Crippen LogP contribution in [0.25, 0.3) is 0 Å². The van der Waals surface area contributed by atoms with Gasteiger partial charge in [0.25, 0.3) is 0 Å². The van der Waals surface area contributed by atoms with E-state index in [1.807, 2.05) is 0 Å². The molecule has 1 amide bonds. The normalized spacial score (nSPS) is 32.2. The summed E-state index contributed by atoms with van der Waals surface area (Å²) in [5.74, 6) is -0.113. The van der Waals surface area contributed by atoms with Gasteiger partial charge in [-0.15, -0.1) is 12.4 Å². The van der Waals surface area contributed by atoms with E-state index in [0.29, 0.717) is 5.92 Å². The van der Waals surface area contributed by atoms with Gasteiger partial charge in [-0.2, -0.15) is 0 Å². The average molecular weight is 386 g/mol. The van der Waals surface area contributed by atoms with Gasteiger partial charge in [0.2, 0.25) is 11.8 Å². The van der Waals surface area contributed by atoms with E-state index < -0.39 is 5.91 Å². The Bertz CT molecular complexity index is 494. The Labute approximate surface area is 162 Å². The lowest BCUT2D eigenvalue weighted by Crippen LogP contribution is -2.80. The second-order valence-electron chi connectivity index (χ2n) is 7.56. The number of hydrogen-bond acceptors (Lipinski definition) is 6. The molecule has 0 aromatic heterocycles. The first-order valence-electron chi connectivity index (χ1n) is 9.88.